The molecule has 2 aliphatic heterocycles. The zero-order valence-electron chi connectivity index (χ0n) is 17.2. The Hall–Kier alpha value is -2.28. The van der Waals surface area contributed by atoms with Crippen molar-refractivity contribution in [3.63, 3.8) is 0 Å². The average Bonchev–Trinajstić information content (AvgIpc) is 3.32. The van der Waals surface area contributed by atoms with Crippen molar-refractivity contribution in [3.05, 3.63) is 74.7 Å². The Bertz CT molecular complexity index is 1060. The van der Waals surface area contributed by atoms with Gasteiger partial charge in [-0.15, -0.1) is 11.3 Å². The molecule has 1 N–H and O–H groups in total. The van der Waals surface area contributed by atoms with Gasteiger partial charge in [0.1, 0.15) is 0 Å². The second-order valence-corrected chi connectivity index (χ2v) is 9.84. The number of thiophene rings is 1. The molecule has 0 saturated carbocycles. The summed E-state index contributed by atoms with van der Waals surface area (Å²) in [5.74, 6) is 0. The molecule has 2 atom stereocenters. The average molecular weight is 422 g/mol. The second-order valence-electron chi connectivity index (χ2n) is 8.81. The van der Waals surface area contributed by atoms with Crippen molar-refractivity contribution in [2.75, 3.05) is 0 Å². The molecule has 5 nitrogen and oxygen atoms in total. The van der Waals surface area contributed by atoms with E-state index in [-0.39, 0.29) is 12.1 Å². The van der Waals surface area contributed by atoms with E-state index in [9.17, 15) is 9.90 Å². The van der Waals surface area contributed by atoms with Gasteiger partial charge in [-0.25, -0.2) is 4.68 Å². The lowest BCUT2D eigenvalue weighted by atomic mass is 9.86. The van der Waals surface area contributed by atoms with E-state index < -0.39 is 5.60 Å². The monoisotopic (exact) mass is 421 g/mol. The molecular formula is C24H27N3O2S. The van der Waals surface area contributed by atoms with Gasteiger partial charge in [0.05, 0.1) is 17.8 Å². The second kappa shape index (κ2) is 7.76. The van der Waals surface area contributed by atoms with Crippen LogP contribution >= 0.6 is 11.3 Å². The number of nitrogens with zero attached hydrogens (tertiary/aromatic N) is 3. The predicted octanol–water partition coefficient (Wildman–Crippen LogP) is 3.84. The Morgan fingerprint density at radius 3 is 2.53 bits per heavy atom. The first kappa shape index (κ1) is 19.7. The fraction of sp³-hybridized carbons (Fsp3) is 0.417. The van der Waals surface area contributed by atoms with Crippen LogP contribution in [0.3, 0.4) is 0 Å². The highest BCUT2D eigenvalue weighted by atomic mass is 32.1. The van der Waals surface area contributed by atoms with E-state index in [1.807, 2.05) is 37.3 Å². The molecule has 2 aromatic heterocycles. The Kier molecular flexibility index (Phi) is 5.09. The van der Waals surface area contributed by atoms with Crippen molar-refractivity contribution < 1.29 is 5.11 Å². The number of hydrogen-bond donors (Lipinski definition) is 1. The van der Waals surface area contributed by atoms with E-state index in [4.69, 9.17) is 0 Å². The van der Waals surface area contributed by atoms with Crippen LogP contribution in [-0.2, 0) is 13.1 Å². The smallest absolute Gasteiger partial charge is 0.267 e. The summed E-state index contributed by atoms with van der Waals surface area (Å²) in [6.45, 7) is 3.13. The fourth-order valence-electron chi connectivity index (χ4n) is 5.23. The van der Waals surface area contributed by atoms with E-state index in [2.05, 4.69) is 27.5 Å². The van der Waals surface area contributed by atoms with Gasteiger partial charge in [-0.3, -0.25) is 9.69 Å². The largest absolute Gasteiger partial charge is 0.388 e. The summed E-state index contributed by atoms with van der Waals surface area (Å²) in [7, 11) is 0. The normalized spacial score (nSPS) is 26.2. The summed E-state index contributed by atoms with van der Waals surface area (Å²) < 4.78 is 1.48. The number of hydrogen-bond acceptors (Lipinski definition) is 5. The Morgan fingerprint density at radius 1 is 1.13 bits per heavy atom. The van der Waals surface area contributed by atoms with E-state index in [1.165, 1.54) is 9.56 Å². The summed E-state index contributed by atoms with van der Waals surface area (Å²) in [6, 6.07) is 16.6. The Morgan fingerprint density at radius 2 is 1.87 bits per heavy atom. The molecule has 1 aromatic carbocycles. The molecule has 6 heteroatoms. The third kappa shape index (κ3) is 3.75. The lowest BCUT2D eigenvalue weighted by Crippen LogP contribution is -2.53. The molecule has 30 heavy (non-hydrogen) atoms. The highest BCUT2D eigenvalue weighted by Gasteiger charge is 2.47. The molecule has 0 radical (unpaired) electrons. The van der Waals surface area contributed by atoms with Gasteiger partial charge in [-0.1, -0.05) is 36.4 Å². The van der Waals surface area contributed by atoms with Crippen molar-refractivity contribution in [2.24, 2.45) is 0 Å². The van der Waals surface area contributed by atoms with E-state index in [0.29, 0.717) is 24.9 Å². The molecule has 0 spiro atoms. The van der Waals surface area contributed by atoms with Crippen molar-refractivity contribution in [3.8, 4) is 11.3 Å². The molecule has 2 unspecified atom stereocenters. The predicted molar refractivity (Wildman–Crippen MR) is 120 cm³/mol. The SMILES string of the molecule is Cc1cc(=O)n(CC2(O)CC3CCC(C2)N3Cc2cccs2)nc1-c1ccccc1. The van der Waals surface area contributed by atoms with Crippen molar-refractivity contribution in [1.82, 2.24) is 14.7 Å². The number of aryl methyl sites for hydroxylation is 1. The summed E-state index contributed by atoms with van der Waals surface area (Å²) >= 11 is 1.79. The number of benzene rings is 1. The van der Waals surface area contributed by atoms with Gasteiger partial charge in [0.2, 0.25) is 0 Å². The zero-order valence-corrected chi connectivity index (χ0v) is 18.0. The van der Waals surface area contributed by atoms with Gasteiger partial charge in [0.15, 0.2) is 0 Å². The number of rotatable bonds is 5. The standard InChI is InChI=1S/C24H27N3O2S/c1-17-12-22(28)27(25-23(17)18-6-3-2-4-7-18)16-24(29)13-19-9-10-20(14-24)26(19)15-21-8-5-11-30-21/h2-8,11-12,19-20,29H,9-10,13-16H2,1H3. The molecule has 3 aromatic rings. The number of aliphatic hydroxyl groups is 1. The van der Waals surface area contributed by atoms with Crippen LogP contribution in [0.4, 0.5) is 0 Å². The molecule has 2 bridgehead atoms. The Labute approximate surface area is 180 Å². The van der Waals surface area contributed by atoms with Crippen molar-refractivity contribution >= 4 is 11.3 Å². The van der Waals surface area contributed by atoms with E-state index >= 15 is 0 Å². The zero-order chi connectivity index (χ0) is 20.7. The molecule has 156 valence electrons. The molecular weight excluding hydrogens is 394 g/mol. The van der Waals surface area contributed by atoms with Crippen molar-refractivity contribution in [2.45, 2.75) is 63.4 Å². The first-order chi connectivity index (χ1) is 14.5. The van der Waals surface area contributed by atoms with E-state index in [1.54, 1.807) is 17.4 Å². The fourth-order valence-corrected chi connectivity index (χ4v) is 5.95. The van der Waals surface area contributed by atoms with Gasteiger partial charge in [0, 0.05) is 35.1 Å². The molecule has 2 saturated heterocycles. The van der Waals surface area contributed by atoms with Crippen molar-refractivity contribution in [1.29, 1.82) is 0 Å². The maximum absolute atomic E-state index is 12.7. The summed E-state index contributed by atoms with van der Waals surface area (Å²) in [5.41, 5.74) is 1.62. The maximum Gasteiger partial charge on any atom is 0.267 e. The lowest BCUT2D eigenvalue weighted by Gasteiger charge is -2.43. The number of fused-ring (bicyclic) bond motifs is 2. The van der Waals surface area contributed by atoms with Crippen LogP contribution in [0.2, 0.25) is 0 Å². The molecule has 0 amide bonds. The molecule has 2 aliphatic rings. The maximum atomic E-state index is 12.7. The van der Waals surface area contributed by atoms with E-state index in [0.717, 1.165) is 36.2 Å². The van der Waals surface area contributed by atoms with Gasteiger partial charge in [-0.2, -0.15) is 5.10 Å². The van der Waals surface area contributed by atoms with Gasteiger partial charge >= 0.3 is 0 Å². The van der Waals surface area contributed by atoms with Gasteiger partial charge in [0.25, 0.3) is 5.56 Å². The molecule has 0 aliphatic carbocycles. The topological polar surface area (TPSA) is 58.4 Å². The van der Waals surface area contributed by atoms with Crippen LogP contribution in [-0.4, -0.2) is 37.5 Å². The highest BCUT2D eigenvalue weighted by Crippen LogP contribution is 2.42. The van der Waals surface area contributed by atoms with Crippen LogP contribution < -0.4 is 5.56 Å². The van der Waals surface area contributed by atoms with Crippen LogP contribution in [0.15, 0.2) is 58.7 Å². The van der Waals surface area contributed by atoms with Crippen LogP contribution in [0, 0.1) is 6.92 Å². The van der Waals surface area contributed by atoms with Gasteiger partial charge in [-0.05, 0) is 49.6 Å². The minimum atomic E-state index is -0.891. The third-order valence-electron chi connectivity index (χ3n) is 6.60. The summed E-state index contributed by atoms with van der Waals surface area (Å²) in [6.07, 6.45) is 3.61. The van der Waals surface area contributed by atoms with Crippen LogP contribution in [0.1, 0.15) is 36.1 Å². The number of piperidine rings is 1. The highest BCUT2D eigenvalue weighted by molar-refractivity contribution is 7.09. The van der Waals surface area contributed by atoms with Gasteiger partial charge < -0.3 is 5.11 Å². The first-order valence-corrected chi connectivity index (χ1v) is 11.5. The quantitative estimate of drug-likeness (QED) is 0.680. The minimum absolute atomic E-state index is 0.144. The minimum Gasteiger partial charge on any atom is -0.388 e. The third-order valence-corrected chi connectivity index (χ3v) is 7.46. The molecule has 2 fully saturated rings. The molecule has 5 rings (SSSR count). The number of aromatic nitrogens is 2. The van der Waals surface area contributed by atoms with Crippen LogP contribution in [0.25, 0.3) is 11.3 Å². The Balaban J connectivity index is 1.38. The lowest BCUT2D eigenvalue weighted by molar-refractivity contribution is -0.0674. The summed E-state index contributed by atoms with van der Waals surface area (Å²) in [4.78, 5) is 16.6. The van der Waals surface area contributed by atoms with Crippen LogP contribution in [0.5, 0.6) is 0 Å². The summed E-state index contributed by atoms with van der Waals surface area (Å²) in [5, 5.41) is 18.3. The molecule has 4 heterocycles. The first-order valence-electron chi connectivity index (χ1n) is 10.7.